The third kappa shape index (κ3) is 5.58. The molecule has 1 aromatic carbocycles. The molecule has 0 amide bonds. The van der Waals surface area contributed by atoms with E-state index in [2.05, 4.69) is 15.0 Å². The van der Waals surface area contributed by atoms with Crippen molar-refractivity contribution in [2.24, 2.45) is 0 Å². The van der Waals surface area contributed by atoms with Crippen LogP contribution in [0.1, 0.15) is 35.6 Å². The number of hydrogen-bond acceptors (Lipinski definition) is 9. The summed E-state index contributed by atoms with van der Waals surface area (Å²) in [5.74, 6) is -0.0239. The van der Waals surface area contributed by atoms with Gasteiger partial charge in [0, 0.05) is 12.3 Å². The van der Waals surface area contributed by atoms with Crippen LogP contribution in [-0.4, -0.2) is 84.7 Å². The molecule has 5 atom stereocenters. The first-order chi connectivity index (χ1) is 18.6. The normalized spacial score (nSPS) is 26.2. The van der Waals surface area contributed by atoms with Gasteiger partial charge < -0.3 is 29.0 Å². The second kappa shape index (κ2) is 10.5. The average Bonchev–Trinajstić information content (AvgIpc) is 3.63. The van der Waals surface area contributed by atoms with Crippen LogP contribution < -0.4 is 9.47 Å². The van der Waals surface area contributed by atoms with Gasteiger partial charge in [-0.3, -0.25) is 0 Å². The number of imidazole rings is 1. The van der Waals surface area contributed by atoms with Crippen molar-refractivity contribution in [3.8, 4) is 11.8 Å². The quantitative estimate of drug-likeness (QED) is 0.366. The molecule has 2 aromatic heterocycles. The number of sulfone groups is 1. The molecule has 3 aromatic rings. The molecule has 3 aliphatic rings. The molecule has 10 nitrogen and oxygen atoms in total. The number of nitrogens with zero attached hydrogens (tertiary/aromatic N) is 2. The molecule has 39 heavy (non-hydrogen) atoms. The number of aromatic amines is 1. The zero-order valence-corrected chi connectivity index (χ0v) is 22.8. The number of pyridine rings is 1. The molecule has 2 saturated heterocycles. The van der Waals surface area contributed by atoms with E-state index in [0.29, 0.717) is 52.5 Å². The highest BCUT2D eigenvalue weighted by molar-refractivity contribution is 7.90. The second-order valence-electron chi connectivity index (χ2n) is 10.4. The maximum Gasteiger partial charge on any atom is 0.296 e. The monoisotopic (exact) mass is 581 g/mol. The predicted molar refractivity (Wildman–Crippen MR) is 140 cm³/mol. The summed E-state index contributed by atoms with van der Waals surface area (Å²) in [6, 6.07) is 5.19. The number of aliphatic hydroxyl groups excluding tert-OH is 1. The SMILES string of the molecule is CS(=O)(=O)CCCOc1cc(F)c2c(c1)CCC2Cc1nc2nc(O[C@@H]3CO[C@H]4[C@@H]3OC[C@H]4O)[nH]c2cc1Cl. The Morgan fingerprint density at radius 2 is 2.03 bits per heavy atom. The highest BCUT2D eigenvalue weighted by atomic mass is 35.5. The van der Waals surface area contributed by atoms with E-state index in [1.165, 1.54) is 12.3 Å². The molecule has 1 aliphatic carbocycles. The number of ether oxygens (including phenoxy) is 4. The Morgan fingerprint density at radius 1 is 1.21 bits per heavy atom. The summed E-state index contributed by atoms with van der Waals surface area (Å²) in [5, 5.41) is 10.4. The first-order valence-electron chi connectivity index (χ1n) is 12.9. The minimum absolute atomic E-state index is 0.0265. The number of rotatable bonds is 9. The molecule has 13 heteroatoms. The minimum atomic E-state index is -3.06. The van der Waals surface area contributed by atoms with Gasteiger partial charge in [0.2, 0.25) is 0 Å². The number of aliphatic hydroxyl groups is 1. The van der Waals surface area contributed by atoms with Gasteiger partial charge in [0.25, 0.3) is 6.01 Å². The van der Waals surface area contributed by atoms with Gasteiger partial charge in [-0.15, -0.1) is 0 Å². The second-order valence-corrected chi connectivity index (χ2v) is 13.1. The highest BCUT2D eigenvalue weighted by Gasteiger charge is 2.48. The Bertz CT molecular complexity index is 1500. The third-order valence-electron chi connectivity index (χ3n) is 7.45. The van der Waals surface area contributed by atoms with Gasteiger partial charge in [-0.05, 0) is 54.9 Å². The number of fused-ring (bicyclic) bond motifs is 3. The fourth-order valence-corrected chi connectivity index (χ4v) is 6.51. The minimum Gasteiger partial charge on any atom is -0.493 e. The Hall–Kier alpha value is -2.51. The molecular formula is C26H29ClFN3O7S. The van der Waals surface area contributed by atoms with Gasteiger partial charge >= 0.3 is 0 Å². The zero-order chi connectivity index (χ0) is 27.3. The van der Waals surface area contributed by atoms with Crippen molar-refractivity contribution in [1.82, 2.24) is 15.0 Å². The van der Waals surface area contributed by atoms with Crippen molar-refractivity contribution >= 4 is 32.6 Å². The van der Waals surface area contributed by atoms with E-state index < -0.39 is 28.1 Å². The molecule has 210 valence electrons. The molecule has 2 aliphatic heterocycles. The fourth-order valence-electron chi connectivity index (χ4n) is 5.64. The van der Waals surface area contributed by atoms with E-state index in [0.717, 1.165) is 12.0 Å². The van der Waals surface area contributed by atoms with Gasteiger partial charge in [0.15, 0.2) is 11.8 Å². The van der Waals surface area contributed by atoms with Crippen LogP contribution >= 0.6 is 11.6 Å². The van der Waals surface area contributed by atoms with Crippen LogP contribution in [0.5, 0.6) is 11.8 Å². The van der Waals surface area contributed by atoms with Crippen LogP contribution in [0.4, 0.5) is 4.39 Å². The molecule has 2 fully saturated rings. The standard InChI is InChI=1S/C26H29ClFN3O7S/c1-39(33,34)6-2-5-35-15-7-13-3-4-14(22(13)17(28)9-15)8-18-16(27)10-19-25(29-18)31-26(30-19)38-21-12-37-23-20(32)11-36-24(21)23/h7,9-10,14,20-21,23-24,32H,2-6,8,11-12H2,1H3,(H,29,30,31)/t14?,20-,21-,23-,24-/m1/s1. The molecule has 2 N–H and O–H groups in total. The number of aromatic nitrogens is 3. The Morgan fingerprint density at radius 3 is 2.85 bits per heavy atom. The van der Waals surface area contributed by atoms with Crippen LogP contribution in [0.2, 0.25) is 5.02 Å². The van der Waals surface area contributed by atoms with E-state index in [9.17, 15) is 13.5 Å². The van der Waals surface area contributed by atoms with Crippen LogP contribution in [-0.2, 0) is 32.2 Å². The summed E-state index contributed by atoms with van der Waals surface area (Å²) >= 11 is 6.57. The Balaban J connectivity index is 1.14. The number of hydrogen-bond donors (Lipinski definition) is 2. The summed E-state index contributed by atoms with van der Waals surface area (Å²) in [6.45, 7) is 0.691. The van der Waals surface area contributed by atoms with E-state index in [-0.39, 0.29) is 49.4 Å². The summed E-state index contributed by atoms with van der Waals surface area (Å²) < 4.78 is 60.5. The lowest BCUT2D eigenvalue weighted by atomic mass is 9.95. The summed E-state index contributed by atoms with van der Waals surface area (Å²) in [5.41, 5.74) is 3.17. The topological polar surface area (TPSA) is 133 Å². The number of aryl methyl sites for hydroxylation is 1. The first kappa shape index (κ1) is 26.7. The average molecular weight is 582 g/mol. The molecule has 1 unspecified atom stereocenters. The van der Waals surface area contributed by atoms with Crippen LogP contribution in [0.25, 0.3) is 11.2 Å². The van der Waals surface area contributed by atoms with Crippen LogP contribution in [0.15, 0.2) is 18.2 Å². The van der Waals surface area contributed by atoms with Crippen molar-refractivity contribution in [3.63, 3.8) is 0 Å². The lowest BCUT2D eigenvalue weighted by Crippen LogP contribution is -2.34. The highest BCUT2D eigenvalue weighted by Crippen LogP contribution is 2.40. The molecule has 0 saturated carbocycles. The maximum absolute atomic E-state index is 15.2. The Kier molecular flexibility index (Phi) is 7.17. The molecule has 4 heterocycles. The predicted octanol–water partition coefficient (Wildman–Crippen LogP) is 2.74. The fraction of sp³-hybridized carbons (Fsp3) is 0.538. The van der Waals surface area contributed by atoms with Gasteiger partial charge in [0.1, 0.15) is 39.7 Å². The van der Waals surface area contributed by atoms with Crippen LogP contribution in [0.3, 0.4) is 0 Å². The number of halogens is 2. The third-order valence-corrected chi connectivity index (χ3v) is 8.81. The van der Waals surface area contributed by atoms with Gasteiger partial charge in [-0.2, -0.15) is 4.98 Å². The Labute approximate surface area is 229 Å². The van der Waals surface area contributed by atoms with E-state index in [1.807, 2.05) is 6.07 Å². The van der Waals surface area contributed by atoms with Crippen molar-refractivity contribution in [1.29, 1.82) is 0 Å². The van der Waals surface area contributed by atoms with E-state index in [1.54, 1.807) is 6.07 Å². The number of nitrogens with one attached hydrogen (secondary N) is 1. The summed E-state index contributed by atoms with van der Waals surface area (Å²) in [4.78, 5) is 12.2. The number of H-pyrrole nitrogens is 1. The van der Waals surface area contributed by atoms with Gasteiger partial charge in [0.05, 0.1) is 41.8 Å². The van der Waals surface area contributed by atoms with Crippen molar-refractivity contribution < 1.29 is 36.9 Å². The van der Waals surface area contributed by atoms with E-state index >= 15 is 4.39 Å². The largest absolute Gasteiger partial charge is 0.493 e. The zero-order valence-electron chi connectivity index (χ0n) is 21.2. The van der Waals surface area contributed by atoms with E-state index in [4.69, 9.17) is 30.5 Å². The van der Waals surface area contributed by atoms with Crippen LogP contribution in [0, 0.1) is 5.82 Å². The molecule has 6 rings (SSSR count). The molecule has 0 bridgehead atoms. The lowest BCUT2D eigenvalue weighted by molar-refractivity contribution is 0.00706. The molecular weight excluding hydrogens is 553 g/mol. The smallest absolute Gasteiger partial charge is 0.296 e. The lowest BCUT2D eigenvalue weighted by Gasteiger charge is -2.15. The van der Waals surface area contributed by atoms with Crippen molar-refractivity contribution in [2.45, 2.75) is 56.0 Å². The van der Waals surface area contributed by atoms with Crippen molar-refractivity contribution in [2.75, 3.05) is 31.8 Å². The van der Waals surface area contributed by atoms with Gasteiger partial charge in [-0.25, -0.2) is 17.8 Å². The first-order valence-corrected chi connectivity index (χ1v) is 15.3. The van der Waals surface area contributed by atoms with Crippen molar-refractivity contribution in [3.05, 3.63) is 45.9 Å². The molecule has 0 radical (unpaired) electrons. The van der Waals surface area contributed by atoms with Gasteiger partial charge in [-0.1, -0.05) is 11.6 Å². The number of benzene rings is 1. The summed E-state index contributed by atoms with van der Waals surface area (Å²) in [6.07, 6.45) is 1.56. The molecule has 0 spiro atoms. The maximum atomic E-state index is 15.2. The summed E-state index contributed by atoms with van der Waals surface area (Å²) in [7, 11) is -3.06.